The number of aliphatic hydroxyl groups is 2. The molecular formula is C72H137NO5. The van der Waals surface area contributed by atoms with E-state index in [0.717, 1.165) is 51.4 Å². The lowest BCUT2D eigenvalue weighted by molar-refractivity contribution is -0.143. The van der Waals surface area contributed by atoms with Crippen LogP contribution in [0.1, 0.15) is 386 Å². The SMILES string of the molecule is CCC/C=C\C/C=C\CCCCCCCC(=O)OCCCCCCCCCCCCCCCCCCCCCCCCCCC(=O)NC(CO)C(O)/C=C/CCCCCCCCCCCCCCCCCCCCCCCC. The summed E-state index contributed by atoms with van der Waals surface area (Å²) in [6, 6.07) is -0.629. The first-order valence-electron chi connectivity index (χ1n) is 35.3. The van der Waals surface area contributed by atoms with Gasteiger partial charge < -0.3 is 20.3 Å². The second-order valence-corrected chi connectivity index (χ2v) is 24.2. The first-order valence-corrected chi connectivity index (χ1v) is 35.3. The summed E-state index contributed by atoms with van der Waals surface area (Å²) >= 11 is 0. The molecule has 0 aliphatic carbocycles. The average Bonchev–Trinajstić information content (AvgIpc) is 3.44. The molecule has 3 N–H and O–H groups in total. The zero-order valence-corrected chi connectivity index (χ0v) is 52.7. The third kappa shape index (κ3) is 63.3. The number of carbonyl (C=O) groups excluding carboxylic acids is 2. The number of ether oxygens (including phenoxy) is 1. The van der Waals surface area contributed by atoms with E-state index < -0.39 is 12.1 Å². The Hall–Kier alpha value is -1.92. The molecule has 0 bridgehead atoms. The van der Waals surface area contributed by atoms with E-state index in [2.05, 4.69) is 43.5 Å². The van der Waals surface area contributed by atoms with Crippen molar-refractivity contribution >= 4 is 11.9 Å². The smallest absolute Gasteiger partial charge is 0.305 e. The quantitative estimate of drug-likeness (QED) is 0.0320. The Morgan fingerprint density at radius 3 is 1.03 bits per heavy atom. The Morgan fingerprint density at radius 2 is 0.667 bits per heavy atom. The summed E-state index contributed by atoms with van der Waals surface area (Å²) in [4.78, 5) is 24.6. The molecule has 0 aliphatic heterocycles. The van der Waals surface area contributed by atoms with Crippen molar-refractivity contribution in [1.82, 2.24) is 5.32 Å². The van der Waals surface area contributed by atoms with E-state index in [4.69, 9.17) is 4.74 Å². The molecule has 2 atom stereocenters. The van der Waals surface area contributed by atoms with E-state index in [1.807, 2.05) is 6.08 Å². The fourth-order valence-corrected chi connectivity index (χ4v) is 11.0. The van der Waals surface area contributed by atoms with E-state index >= 15 is 0 Å². The molecule has 0 radical (unpaired) electrons. The highest BCUT2D eigenvalue weighted by molar-refractivity contribution is 5.76. The minimum absolute atomic E-state index is 0.0000728. The fraction of sp³-hybridized carbons (Fsp3) is 0.889. The number of nitrogens with one attached hydrogen (secondary N) is 1. The van der Waals surface area contributed by atoms with E-state index in [1.54, 1.807) is 6.08 Å². The maximum atomic E-state index is 12.5. The molecule has 1 amide bonds. The van der Waals surface area contributed by atoms with Crippen molar-refractivity contribution in [3.8, 4) is 0 Å². The maximum Gasteiger partial charge on any atom is 0.305 e. The van der Waals surface area contributed by atoms with Gasteiger partial charge in [-0.25, -0.2) is 0 Å². The number of unbranched alkanes of at least 4 members (excludes halogenated alkanes) is 51. The van der Waals surface area contributed by atoms with Crippen LogP contribution in [0, 0.1) is 0 Å². The standard InChI is InChI=1S/C72H137NO5/c1-3-5-7-9-11-13-15-17-18-19-20-21-22-25-28-31-34-37-41-44-48-52-56-60-64-70(75)69(68-74)73-71(76)65-61-57-53-49-45-42-38-35-32-29-26-23-24-27-30-33-36-39-43-47-51-55-59-63-67-78-72(77)66-62-58-54-50-46-40-16-14-12-10-8-6-4-2/h8,10,14,16,60,64,69-70,74-75H,3-7,9,11-13,15,17-59,61-63,65-68H2,1-2H3,(H,73,76)/b10-8-,16-14-,64-60+. The predicted molar refractivity (Wildman–Crippen MR) is 343 cm³/mol. The number of carbonyl (C=O) groups is 2. The Kier molecular flexibility index (Phi) is 65.9. The molecule has 6 heteroatoms. The molecule has 0 aromatic carbocycles. The van der Waals surface area contributed by atoms with Gasteiger partial charge >= 0.3 is 5.97 Å². The largest absolute Gasteiger partial charge is 0.466 e. The van der Waals surface area contributed by atoms with Crippen LogP contribution in [0.3, 0.4) is 0 Å². The maximum absolute atomic E-state index is 12.5. The number of hydrogen-bond donors (Lipinski definition) is 3. The van der Waals surface area contributed by atoms with E-state index in [9.17, 15) is 19.8 Å². The Bertz CT molecular complexity index is 1260. The van der Waals surface area contributed by atoms with Crippen LogP contribution in [0.4, 0.5) is 0 Å². The van der Waals surface area contributed by atoms with Crippen LogP contribution in [-0.4, -0.2) is 47.4 Å². The molecule has 0 rings (SSSR count). The molecule has 0 saturated carbocycles. The molecule has 0 aromatic rings. The first-order chi connectivity index (χ1) is 38.5. The van der Waals surface area contributed by atoms with Crippen LogP contribution in [0.5, 0.6) is 0 Å². The molecule has 460 valence electrons. The molecular weight excluding hydrogens is 959 g/mol. The second-order valence-electron chi connectivity index (χ2n) is 24.2. The fourth-order valence-electron chi connectivity index (χ4n) is 11.0. The third-order valence-corrected chi connectivity index (χ3v) is 16.4. The molecule has 0 aromatic heterocycles. The molecule has 6 nitrogen and oxygen atoms in total. The van der Waals surface area contributed by atoms with Gasteiger partial charge in [0, 0.05) is 12.8 Å². The summed E-state index contributed by atoms with van der Waals surface area (Å²) < 4.78 is 5.47. The second kappa shape index (κ2) is 67.6. The van der Waals surface area contributed by atoms with Crippen LogP contribution in [0.15, 0.2) is 36.5 Å². The van der Waals surface area contributed by atoms with Crippen molar-refractivity contribution in [3.63, 3.8) is 0 Å². The van der Waals surface area contributed by atoms with Crippen LogP contribution < -0.4 is 5.32 Å². The summed E-state index contributed by atoms with van der Waals surface area (Å²) in [5.74, 6) is -0.0628. The highest BCUT2D eigenvalue weighted by Crippen LogP contribution is 2.19. The Labute approximate surface area is 487 Å². The van der Waals surface area contributed by atoms with Gasteiger partial charge in [-0.15, -0.1) is 0 Å². The van der Waals surface area contributed by atoms with Gasteiger partial charge in [-0.3, -0.25) is 9.59 Å². The van der Waals surface area contributed by atoms with Crippen molar-refractivity contribution in [1.29, 1.82) is 0 Å². The van der Waals surface area contributed by atoms with Crippen LogP contribution >= 0.6 is 0 Å². The molecule has 78 heavy (non-hydrogen) atoms. The lowest BCUT2D eigenvalue weighted by Gasteiger charge is -2.20. The van der Waals surface area contributed by atoms with Gasteiger partial charge in [0.2, 0.25) is 5.91 Å². The predicted octanol–water partition coefficient (Wildman–Crippen LogP) is 22.7. The van der Waals surface area contributed by atoms with Gasteiger partial charge in [0.25, 0.3) is 0 Å². The number of hydrogen-bond acceptors (Lipinski definition) is 5. The van der Waals surface area contributed by atoms with E-state index in [-0.39, 0.29) is 18.5 Å². The summed E-state index contributed by atoms with van der Waals surface area (Å²) in [5, 5.41) is 23.3. The number of rotatable bonds is 66. The number of aliphatic hydroxyl groups excluding tert-OH is 2. The van der Waals surface area contributed by atoms with Gasteiger partial charge in [-0.2, -0.15) is 0 Å². The van der Waals surface area contributed by atoms with E-state index in [0.29, 0.717) is 19.4 Å². The topological polar surface area (TPSA) is 95.9 Å². The minimum Gasteiger partial charge on any atom is -0.466 e. The summed E-state index contributed by atoms with van der Waals surface area (Å²) in [5.41, 5.74) is 0. The van der Waals surface area contributed by atoms with Crippen molar-refractivity contribution < 1.29 is 24.5 Å². The zero-order valence-electron chi connectivity index (χ0n) is 52.7. The third-order valence-electron chi connectivity index (χ3n) is 16.4. The molecule has 0 saturated heterocycles. The lowest BCUT2D eigenvalue weighted by atomic mass is 10.0. The minimum atomic E-state index is -0.846. The first kappa shape index (κ1) is 76.1. The summed E-state index contributed by atoms with van der Waals surface area (Å²) in [7, 11) is 0. The van der Waals surface area contributed by atoms with E-state index in [1.165, 1.54) is 308 Å². The van der Waals surface area contributed by atoms with Crippen molar-refractivity contribution in [2.45, 2.75) is 398 Å². The molecule has 0 heterocycles. The van der Waals surface area contributed by atoms with Gasteiger partial charge in [0.15, 0.2) is 0 Å². The van der Waals surface area contributed by atoms with Gasteiger partial charge in [0.05, 0.1) is 25.4 Å². The highest BCUT2D eigenvalue weighted by atomic mass is 16.5. The molecule has 2 unspecified atom stereocenters. The number of allylic oxidation sites excluding steroid dienone is 5. The lowest BCUT2D eigenvalue weighted by Crippen LogP contribution is -2.45. The molecule has 0 spiro atoms. The van der Waals surface area contributed by atoms with Crippen molar-refractivity contribution in [3.05, 3.63) is 36.5 Å². The monoisotopic (exact) mass is 1100 g/mol. The summed E-state index contributed by atoms with van der Waals surface area (Å²) in [6.45, 7) is 4.87. The van der Waals surface area contributed by atoms with Crippen LogP contribution in [-0.2, 0) is 14.3 Å². The zero-order chi connectivity index (χ0) is 56.4. The molecule has 0 fully saturated rings. The highest BCUT2D eigenvalue weighted by Gasteiger charge is 2.18. The Morgan fingerprint density at radius 1 is 0.359 bits per heavy atom. The molecule has 0 aliphatic rings. The van der Waals surface area contributed by atoms with Crippen LogP contribution in [0.25, 0.3) is 0 Å². The van der Waals surface area contributed by atoms with Crippen LogP contribution in [0.2, 0.25) is 0 Å². The normalized spacial score (nSPS) is 12.7. The Balaban J connectivity index is 3.40. The average molecular weight is 1100 g/mol. The van der Waals surface area contributed by atoms with Crippen molar-refractivity contribution in [2.75, 3.05) is 13.2 Å². The van der Waals surface area contributed by atoms with Gasteiger partial charge in [0.1, 0.15) is 0 Å². The number of amides is 1. The van der Waals surface area contributed by atoms with Crippen molar-refractivity contribution in [2.24, 2.45) is 0 Å². The van der Waals surface area contributed by atoms with Gasteiger partial charge in [-0.1, -0.05) is 352 Å². The summed E-state index contributed by atoms with van der Waals surface area (Å²) in [6.07, 6.45) is 86.5. The van der Waals surface area contributed by atoms with Gasteiger partial charge in [-0.05, 0) is 57.8 Å². The number of esters is 1.